The van der Waals surface area contributed by atoms with Crippen LogP contribution in [0.15, 0.2) is 72.8 Å². The van der Waals surface area contributed by atoms with Crippen LogP contribution < -0.4 is 4.74 Å². The number of benzene rings is 3. The Balaban J connectivity index is 2.27. The van der Waals surface area contributed by atoms with E-state index in [0.29, 0.717) is 0 Å². The van der Waals surface area contributed by atoms with Gasteiger partial charge in [0.1, 0.15) is 13.8 Å². The highest BCUT2D eigenvalue weighted by molar-refractivity contribution is 6.83. The number of hydrogen-bond acceptors (Lipinski definition) is 1. The summed E-state index contributed by atoms with van der Waals surface area (Å²) < 4.78 is 5.80. The molecule has 2 heteroatoms. The summed E-state index contributed by atoms with van der Waals surface area (Å²) in [5.41, 5.74) is 8.99. The lowest BCUT2D eigenvalue weighted by Crippen LogP contribution is -2.16. The van der Waals surface area contributed by atoms with Crippen LogP contribution in [0.5, 0.6) is 5.75 Å². The normalized spacial score (nSPS) is 10.8. The van der Waals surface area contributed by atoms with Crippen LogP contribution in [-0.2, 0) is 0 Å². The number of ether oxygens (including phenoxy) is 1. The van der Waals surface area contributed by atoms with E-state index >= 15 is 0 Å². The third-order valence-electron chi connectivity index (χ3n) is 4.06. The lowest BCUT2D eigenvalue weighted by atomic mass is 9.95. The molecule has 1 nitrogen and oxygen atoms in total. The smallest absolute Gasteiger partial charge is 0.142 e. The van der Waals surface area contributed by atoms with Gasteiger partial charge in [0.05, 0.1) is 12.7 Å². The Kier molecular flexibility index (Phi) is 5.30. The standard InChI is InChI=1S/C24H24OSi/c1-25-24-21(15-16-26(2,3)4)17-22(19-11-7-5-8-12-19)18-23(24)20-13-9-6-10-14-20/h5-14,17-18H,1-4H3. The molecule has 3 aromatic rings. The zero-order chi connectivity index (χ0) is 18.6. The molecule has 0 fully saturated rings. The molecule has 0 aliphatic carbocycles. The Morgan fingerprint density at radius 1 is 0.731 bits per heavy atom. The molecule has 26 heavy (non-hydrogen) atoms. The molecule has 0 unspecified atom stereocenters. The predicted octanol–water partition coefficient (Wildman–Crippen LogP) is 6.26. The van der Waals surface area contributed by atoms with Crippen molar-refractivity contribution in [3.05, 3.63) is 78.4 Å². The third-order valence-corrected chi connectivity index (χ3v) is 4.93. The highest BCUT2D eigenvalue weighted by Crippen LogP contribution is 2.37. The van der Waals surface area contributed by atoms with Crippen molar-refractivity contribution in [1.82, 2.24) is 0 Å². The molecular formula is C24H24OSi. The zero-order valence-corrected chi connectivity index (χ0v) is 16.8. The first kappa shape index (κ1) is 18.0. The van der Waals surface area contributed by atoms with Crippen LogP contribution >= 0.6 is 0 Å². The highest BCUT2D eigenvalue weighted by Gasteiger charge is 2.14. The Bertz CT molecular complexity index is 942. The van der Waals surface area contributed by atoms with Gasteiger partial charge in [0.15, 0.2) is 0 Å². The van der Waals surface area contributed by atoms with E-state index in [9.17, 15) is 0 Å². The Hall–Kier alpha value is -2.76. The average Bonchev–Trinajstić information content (AvgIpc) is 2.66. The first-order valence-electron chi connectivity index (χ1n) is 8.84. The predicted molar refractivity (Wildman–Crippen MR) is 114 cm³/mol. The summed E-state index contributed by atoms with van der Waals surface area (Å²) in [6, 6.07) is 25.1. The van der Waals surface area contributed by atoms with Crippen molar-refractivity contribution < 1.29 is 4.74 Å². The van der Waals surface area contributed by atoms with E-state index in [0.717, 1.165) is 28.0 Å². The summed E-state index contributed by atoms with van der Waals surface area (Å²) in [5.74, 6) is 4.26. The molecule has 3 aromatic carbocycles. The molecule has 0 amide bonds. The molecule has 0 saturated carbocycles. The van der Waals surface area contributed by atoms with E-state index in [1.165, 1.54) is 5.56 Å². The Labute approximate surface area is 157 Å². The second-order valence-corrected chi connectivity index (χ2v) is 12.1. The van der Waals surface area contributed by atoms with Gasteiger partial charge in [-0.15, -0.1) is 5.54 Å². The molecule has 0 heterocycles. The van der Waals surface area contributed by atoms with Gasteiger partial charge in [0.25, 0.3) is 0 Å². The van der Waals surface area contributed by atoms with Crippen molar-refractivity contribution in [2.75, 3.05) is 7.11 Å². The number of methoxy groups -OCH3 is 1. The molecule has 0 atom stereocenters. The Morgan fingerprint density at radius 3 is 1.85 bits per heavy atom. The summed E-state index contributed by atoms with van der Waals surface area (Å²) in [7, 11) is 0.240. The maximum Gasteiger partial charge on any atom is 0.142 e. The topological polar surface area (TPSA) is 9.23 Å². The first-order chi connectivity index (χ1) is 12.5. The van der Waals surface area contributed by atoms with Crippen LogP contribution in [0.4, 0.5) is 0 Å². The van der Waals surface area contributed by atoms with Crippen LogP contribution in [0.25, 0.3) is 22.3 Å². The molecule has 0 bridgehead atoms. The van der Waals surface area contributed by atoms with Crippen molar-refractivity contribution in [2.24, 2.45) is 0 Å². The zero-order valence-electron chi connectivity index (χ0n) is 15.8. The van der Waals surface area contributed by atoms with Crippen LogP contribution in [0.1, 0.15) is 5.56 Å². The SMILES string of the molecule is COc1c(C#C[Si](C)(C)C)cc(-c2ccccc2)cc1-c1ccccc1. The largest absolute Gasteiger partial charge is 0.495 e. The second kappa shape index (κ2) is 7.64. The molecule has 0 radical (unpaired) electrons. The van der Waals surface area contributed by atoms with E-state index in [1.807, 2.05) is 12.1 Å². The first-order valence-corrected chi connectivity index (χ1v) is 12.3. The van der Waals surface area contributed by atoms with Crippen molar-refractivity contribution in [3.63, 3.8) is 0 Å². The molecule has 130 valence electrons. The molecule has 0 spiro atoms. The number of rotatable bonds is 3. The lowest BCUT2D eigenvalue weighted by molar-refractivity contribution is 0.415. The maximum absolute atomic E-state index is 5.80. The molecule has 0 saturated heterocycles. The van der Waals surface area contributed by atoms with Gasteiger partial charge in [0, 0.05) is 5.56 Å². The van der Waals surface area contributed by atoms with E-state index in [2.05, 4.69) is 91.8 Å². The molecule has 0 aliphatic heterocycles. The van der Waals surface area contributed by atoms with Gasteiger partial charge >= 0.3 is 0 Å². The average molecular weight is 357 g/mol. The Morgan fingerprint density at radius 2 is 1.31 bits per heavy atom. The summed E-state index contributed by atoms with van der Waals surface area (Å²) in [5, 5.41) is 0. The van der Waals surface area contributed by atoms with E-state index in [4.69, 9.17) is 4.74 Å². The van der Waals surface area contributed by atoms with Gasteiger partial charge in [-0.2, -0.15) is 0 Å². The minimum absolute atomic E-state index is 0.849. The molecular weight excluding hydrogens is 332 g/mol. The lowest BCUT2D eigenvalue weighted by Gasteiger charge is -2.14. The second-order valence-electron chi connectivity index (χ2n) is 7.34. The van der Waals surface area contributed by atoms with E-state index < -0.39 is 8.07 Å². The maximum atomic E-state index is 5.80. The summed E-state index contributed by atoms with van der Waals surface area (Å²) in [4.78, 5) is 0. The fourth-order valence-corrected chi connectivity index (χ4v) is 3.34. The van der Waals surface area contributed by atoms with Crippen molar-refractivity contribution in [3.8, 4) is 39.5 Å². The van der Waals surface area contributed by atoms with Crippen molar-refractivity contribution in [1.29, 1.82) is 0 Å². The summed E-state index contributed by atoms with van der Waals surface area (Å²) >= 11 is 0. The number of hydrogen-bond donors (Lipinski definition) is 0. The van der Waals surface area contributed by atoms with Crippen LogP contribution in [0.2, 0.25) is 19.6 Å². The highest BCUT2D eigenvalue weighted by atomic mass is 28.3. The summed E-state index contributed by atoms with van der Waals surface area (Å²) in [6.45, 7) is 6.77. The molecule has 3 rings (SSSR count). The van der Waals surface area contributed by atoms with Crippen molar-refractivity contribution in [2.45, 2.75) is 19.6 Å². The van der Waals surface area contributed by atoms with Gasteiger partial charge in [0.2, 0.25) is 0 Å². The van der Waals surface area contributed by atoms with Gasteiger partial charge < -0.3 is 4.74 Å². The third kappa shape index (κ3) is 4.25. The van der Waals surface area contributed by atoms with Crippen molar-refractivity contribution >= 4 is 8.07 Å². The van der Waals surface area contributed by atoms with Gasteiger partial charge in [-0.05, 0) is 28.8 Å². The van der Waals surface area contributed by atoms with E-state index in [-0.39, 0.29) is 0 Å². The van der Waals surface area contributed by atoms with Crippen LogP contribution in [-0.4, -0.2) is 15.2 Å². The monoisotopic (exact) mass is 356 g/mol. The fourth-order valence-electron chi connectivity index (χ4n) is 2.83. The fraction of sp³-hybridized carbons (Fsp3) is 0.167. The minimum atomic E-state index is -1.49. The summed E-state index contributed by atoms with van der Waals surface area (Å²) in [6.07, 6.45) is 0. The molecule has 0 aliphatic rings. The van der Waals surface area contributed by atoms with Gasteiger partial charge in [-0.25, -0.2) is 0 Å². The molecule has 0 aromatic heterocycles. The van der Waals surface area contributed by atoms with Gasteiger partial charge in [-0.3, -0.25) is 0 Å². The minimum Gasteiger partial charge on any atom is -0.495 e. The quantitative estimate of drug-likeness (QED) is 0.397. The van der Waals surface area contributed by atoms with Gasteiger partial charge in [-0.1, -0.05) is 86.2 Å². The molecule has 0 N–H and O–H groups in total. The van der Waals surface area contributed by atoms with E-state index in [1.54, 1.807) is 7.11 Å². The van der Waals surface area contributed by atoms with Crippen LogP contribution in [0.3, 0.4) is 0 Å². The van der Waals surface area contributed by atoms with Crippen LogP contribution in [0, 0.1) is 11.5 Å².